The Morgan fingerprint density at radius 1 is 0.500 bits per heavy atom. The van der Waals surface area contributed by atoms with E-state index in [1.54, 1.807) is 0 Å². The van der Waals surface area contributed by atoms with Gasteiger partial charge in [0.2, 0.25) is 0 Å². The van der Waals surface area contributed by atoms with Crippen molar-refractivity contribution in [3.05, 3.63) is 0 Å². The molecule has 0 aliphatic carbocycles. The van der Waals surface area contributed by atoms with Crippen LogP contribution in [0.15, 0.2) is 0 Å². The van der Waals surface area contributed by atoms with E-state index in [1.165, 1.54) is 0 Å². The molecule has 0 bridgehead atoms. The summed E-state index contributed by atoms with van der Waals surface area (Å²) in [5.41, 5.74) is 0. The molecule has 0 radical (unpaired) electrons. The Morgan fingerprint density at radius 3 is 0.500 bits per heavy atom. The van der Waals surface area contributed by atoms with E-state index in [2.05, 4.69) is 0 Å². The molecule has 0 saturated carbocycles. The van der Waals surface area contributed by atoms with E-state index >= 15 is 0 Å². The Morgan fingerprint density at radius 2 is 0.500 bits per heavy atom. The van der Waals surface area contributed by atoms with Crippen LogP contribution in [0.1, 0.15) is 0 Å². The van der Waals surface area contributed by atoms with Gasteiger partial charge in [0.1, 0.15) is 0 Å². The molecule has 0 N–H and O–H groups in total. The molecular formula is In2O9Se3. The molecule has 14 heteroatoms. The Kier molecular flexibility index (Phi) is 52.7. The second kappa shape index (κ2) is 24.6. The Balaban J connectivity index is -0.0000000270. The minimum absolute atomic E-state index is 0. The van der Waals surface area contributed by atoms with E-state index in [-0.39, 0.29) is 51.7 Å². The summed E-state index contributed by atoms with van der Waals surface area (Å²) in [4.78, 5) is 0. The molecule has 0 aromatic heterocycles. The van der Waals surface area contributed by atoms with E-state index in [0.717, 1.165) is 0 Å². The van der Waals surface area contributed by atoms with Crippen molar-refractivity contribution in [1.82, 2.24) is 0 Å². The normalized spacial score (nSPS) is 7.50. The van der Waals surface area contributed by atoms with Gasteiger partial charge < -0.3 is 0 Å². The van der Waals surface area contributed by atoms with Crippen molar-refractivity contribution < 1.29 is 36.6 Å². The molecule has 0 rings (SSSR count). The first-order valence-corrected chi connectivity index (χ1v) is 7.79. The fraction of sp³-hybridized carbons (Fsp3) is 0. The maximum Gasteiger partial charge on any atom is 3.00 e. The largest absolute Gasteiger partial charge is 3.00 e. The van der Waals surface area contributed by atoms with Crippen molar-refractivity contribution in [2.45, 2.75) is 0 Å². The first-order chi connectivity index (χ1) is 5.20. The van der Waals surface area contributed by atoms with Gasteiger partial charge in [-0.3, -0.25) is 0 Å². The Hall–Kier alpha value is 2.46. The smallest absolute Gasteiger partial charge is 3.00 e. The molecule has 0 atom stereocenters. The van der Waals surface area contributed by atoms with Gasteiger partial charge in [0.15, 0.2) is 0 Å². The predicted octanol–water partition coefficient (Wildman–Crippen LogP) is -9.39. The van der Waals surface area contributed by atoms with E-state index in [4.69, 9.17) is 36.6 Å². The average Bonchev–Trinajstić information content (AvgIpc) is 1.54. The summed E-state index contributed by atoms with van der Waals surface area (Å²) in [6.45, 7) is 0. The van der Waals surface area contributed by atoms with Crippen molar-refractivity contribution in [1.29, 1.82) is 0 Å². The van der Waals surface area contributed by atoms with Gasteiger partial charge in [-0.1, -0.05) is 0 Å². The zero-order valence-corrected chi connectivity index (χ0v) is 17.8. The predicted molar refractivity (Wildman–Crippen MR) is 30.8 cm³/mol. The summed E-state index contributed by atoms with van der Waals surface area (Å²) in [6, 6.07) is 0. The van der Waals surface area contributed by atoms with E-state index in [9.17, 15) is 0 Å². The summed E-state index contributed by atoms with van der Waals surface area (Å²) in [6.07, 6.45) is 0. The Labute approximate surface area is 130 Å². The van der Waals surface area contributed by atoms with Crippen molar-refractivity contribution >= 4 is 95.2 Å². The molecule has 14 heavy (non-hydrogen) atoms. The molecule has 0 aromatic carbocycles. The van der Waals surface area contributed by atoms with Crippen LogP contribution in [0.2, 0.25) is 0 Å². The Bertz CT molecular complexity index is 116. The summed E-state index contributed by atoms with van der Waals surface area (Å²) in [5.74, 6) is 0. The monoisotopic (exact) mass is 614 g/mol. The molecule has 0 unspecified atom stereocenters. The number of hydrogen-bond acceptors (Lipinski definition) is 9. The second-order valence-corrected chi connectivity index (χ2v) is 3.18. The van der Waals surface area contributed by atoms with Crippen molar-refractivity contribution in [2.24, 2.45) is 0 Å². The van der Waals surface area contributed by atoms with Crippen molar-refractivity contribution in [3.8, 4) is 0 Å². The molecule has 0 aliphatic heterocycles. The molecule has 0 aliphatic rings. The first-order valence-electron chi connectivity index (χ1n) is 1.50. The number of rotatable bonds is 0. The van der Waals surface area contributed by atoms with Crippen LogP contribution in [0.5, 0.6) is 0 Å². The summed E-state index contributed by atoms with van der Waals surface area (Å²) in [5, 5.41) is 0. The third kappa shape index (κ3) is 433. The van der Waals surface area contributed by atoms with Gasteiger partial charge >= 0.3 is 132 Å². The molecule has 0 heterocycles. The molecule has 0 aromatic rings. The van der Waals surface area contributed by atoms with Crippen LogP contribution in [-0.4, -0.2) is 95.2 Å². The average molecular weight is 611 g/mol. The van der Waals surface area contributed by atoms with Gasteiger partial charge in [0.25, 0.3) is 0 Å². The molecule has 0 amide bonds. The van der Waals surface area contributed by atoms with E-state index < -0.39 is 43.5 Å². The van der Waals surface area contributed by atoms with Gasteiger partial charge in [-0.05, 0) is 0 Å². The third-order valence-corrected chi connectivity index (χ3v) is 0. The van der Waals surface area contributed by atoms with Crippen LogP contribution in [-0.2, 0) is 11.5 Å². The van der Waals surface area contributed by atoms with Crippen LogP contribution in [0.4, 0.5) is 0 Å². The van der Waals surface area contributed by atoms with Gasteiger partial charge in [-0.25, -0.2) is 0 Å². The van der Waals surface area contributed by atoms with Gasteiger partial charge in [0, 0.05) is 0 Å². The van der Waals surface area contributed by atoms with Gasteiger partial charge in [-0.2, -0.15) is 0 Å². The fourth-order valence-electron chi connectivity index (χ4n) is 0. The fourth-order valence-corrected chi connectivity index (χ4v) is 0. The molecule has 9 nitrogen and oxygen atoms in total. The summed E-state index contributed by atoms with van der Waals surface area (Å²) in [7, 11) is 0. The maximum absolute atomic E-state index is 8.54. The van der Waals surface area contributed by atoms with Crippen LogP contribution in [0, 0.1) is 0 Å². The third-order valence-electron chi connectivity index (χ3n) is 0. The SMILES string of the molecule is O=[Se]([O-])[O-].O=[Se]([O-])[O-].O=[Se]([O-])[O-].[In+3].[In+3]. The minimum atomic E-state index is -3.79. The van der Waals surface area contributed by atoms with Crippen LogP contribution < -0.4 is 25.1 Å². The van der Waals surface area contributed by atoms with Crippen LogP contribution >= 0.6 is 0 Å². The van der Waals surface area contributed by atoms with E-state index in [0.29, 0.717) is 0 Å². The molecule has 78 valence electrons. The molecule has 0 spiro atoms. The quantitative estimate of drug-likeness (QED) is 0.240. The minimum Gasteiger partial charge on any atom is 3.00 e. The van der Waals surface area contributed by atoms with Gasteiger partial charge in [0.05, 0.1) is 0 Å². The van der Waals surface area contributed by atoms with E-state index in [1.807, 2.05) is 0 Å². The molecule has 0 fully saturated rings. The summed E-state index contributed by atoms with van der Waals surface area (Å²) < 4.78 is 76.9. The van der Waals surface area contributed by atoms with Crippen LogP contribution in [0.25, 0.3) is 0 Å². The molecule has 0 saturated heterocycles. The van der Waals surface area contributed by atoms with Crippen LogP contribution in [0.3, 0.4) is 0 Å². The second-order valence-electron chi connectivity index (χ2n) is 0.612. The standard InChI is InChI=1S/2In.3H2O3Se/c;;3*1-4(2)3/h;;3*(H2,1,2,3)/q2*+3;;;/p-6. The zero-order chi connectivity index (χ0) is 10.7. The maximum atomic E-state index is 8.54. The molecular weight excluding hydrogens is 611 g/mol. The van der Waals surface area contributed by atoms with Crippen molar-refractivity contribution in [2.75, 3.05) is 0 Å². The number of hydrogen-bond donors (Lipinski definition) is 0. The first kappa shape index (κ1) is 30.0. The topological polar surface area (TPSA) is 190 Å². The van der Waals surface area contributed by atoms with Crippen molar-refractivity contribution in [3.63, 3.8) is 0 Å². The zero-order valence-electron chi connectivity index (χ0n) is 6.05. The van der Waals surface area contributed by atoms with Gasteiger partial charge in [-0.15, -0.1) is 0 Å². The summed E-state index contributed by atoms with van der Waals surface area (Å²) >= 11 is -11.4.